The zero-order valence-corrected chi connectivity index (χ0v) is 20.8. The van der Waals surface area contributed by atoms with Gasteiger partial charge in [0.2, 0.25) is 4.77 Å². The van der Waals surface area contributed by atoms with Crippen LogP contribution in [0.4, 0.5) is 17.3 Å². The number of hydrogen-bond donors (Lipinski definition) is 1. The molecule has 0 amide bonds. The number of carbonyl (C=O) groups is 2. The maximum atomic E-state index is 13.6. The molecule has 1 atom stereocenters. The molecule has 1 unspecified atom stereocenters. The molecule has 0 bridgehead atoms. The molecule has 1 aromatic heterocycles. The Labute approximate surface area is 219 Å². The van der Waals surface area contributed by atoms with Crippen molar-refractivity contribution < 1.29 is 9.59 Å². The van der Waals surface area contributed by atoms with Crippen molar-refractivity contribution in [2.75, 3.05) is 10.6 Å². The third-order valence-electron chi connectivity index (χ3n) is 7.01. The SMILES string of the molecule is Nc1c2c(nc(=S)n1C(=O)c1ccccc1)N(c1ccccc1)C1=C(C(=O)CCC1)C2c1ccccc1. The fourth-order valence-electron chi connectivity index (χ4n) is 5.41. The number of ketones is 1. The molecule has 0 radical (unpaired) electrons. The van der Waals surface area contributed by atoms with Crippen molar-refractivity contribution >= 4 is 41.2 Å². The van der Waals surface area contributed by atoms with Crippen LogP contribution in [-0.2, 0) is 4.79 Å². The van der Waals surface area contributed by atoms with Gasteiger partial charge in [-0.15, -0.1) is 0 Å². The fraction of sp³-hybridized carbons (Fsp3) is 0.133. The van der Waals surface area contributed by atoms with E-state index in [4.69, 9.17) is 22.9 Å². The first-order valence-corrected chi connectivity index (χ1v) is 12.7. The Morgan fingerprint density at radius 3 is 2.19 bits per heavy atom. The lowest BCUT2D eigenvalue weighted by Crippen LogP contribution is -2.35. The van der Waals surface area contributed by atoms with Gasteiger partial charge in [0.1, 0.15) is 11.6 Å². The van der Waals surface area contributed by atoms with Crippen LogP contribution in [0.25, 0.3) is 0 Å². The number of rotatable bonds is 3. The van der Waals surface area contributed by atoms with Crippen molar-refractivity contribution in [3.05, 3.63) is 124 Å². The van der Waals surface area contributed by atoms with Crippen molar-refractivity contribution in [1.29, 1.82) is 0 Å². The van der Waals surface area contributed by atoms with Gasteiger partial charge < -0.3 is 5.73 Å². The predicted octanol–water partition coefficient (Wildman–Crippen LogP) is 6.17. The van der Waals surface area contributed by atoms with E-state index in [1.807, 2.05) is 71.6 Å². The van der Waals surface area contributed by atoms with Crippen molar-refractivity contribution in [3.63, 3.8) is 0 Å². The number of benzene rings is 3. The number of fused-ring (bicyclic) bond motifs is 1. The monoisotopic (exact) mass is 504 g/mol. The Balaban J connectivity index is 1.69. The summed E-state index contributed by atoms with van der Waals surface area (Å²) in [6.07, 6.45) is 1.95. The lowest BCUT2D eigenvalue weighted by atomic mass is 9.75. The maximum absolute atomic E-state index is 13.6. The topological polar surface area (TPSA) is 81.2 Å². The van der Waals surface area contributed by atoms with Gasteiger partial charge in [0.15, 0.2) is 5.78 Å². The van der Waals surface area contributed by atoms with E-state index in [1.165, 1.54) is 4.57 Å². The van der Waals surface area contributed by atoms with Gasteiger partial charge in [-0.3, -0.25) is 14.5 Å². The fourth-order valence-corrected chi connectivity index (χ4v) is 5.67. The highest BCUT2D eigenvalue weighted by Crippen LogP contribution is 2.51. The molecule has 182 valence electrons. The third-order valence-corrected chi connectivity index (χ3v) is 7.28. The van der Waals surface area contributed by atoms with Gasteiger partial charge in [0.25, 0.3) is 5.91 Å². The van der Waals surface area contributed by atoms with E-state index in [1.54, 1.807) is 24.3 Å². The molecular formula is C30H24N4O2S. The number of nitrogen functional groups attached to an aromatic ring is 1. The number of aromatic nitrogens is 2. The molecule has 7 heteroatoms. The highest BCUT2D eigenvalue weighted by molar-refractivity contribution is 7.71. The number of hydrogen-bond acceptors (Lipinski definition) is 6. The number of para-hydroxylation sites is 1. The Morgan fingerprint density at radius 1 is 0.892 bits per heavy atom. The number of nitrogens with two attached hydrogens (primary N) is 1. The van der Waals surface area contributed by atoms with Gasteiger partial charge >= 0.3 is 0 Å². The number of nitrogens with zero attached hydrogens (tertiary/aromatic N) is 3. The smallest absolute Gasteiger partial charge is 0.265 e. The van der Waals surface area contributed by atoms with Crippen LogP contribution in [0.1, 0.15) is 46.7 Å². The zero-order chi connectivity index (χ0) is 25.5. The number of carbonyl (C=O) groups excluding carboxylic acids is 2. The lowest BCUT2D eigenvalue weighted by Gasteiger charge is -2.41. The highest BCUT2D eigenvalue weighted by Gasteiger charge is 2.42. The molecule has 3 aromatic carbocycles. The number of anilines is 3. The minimum absolute atomic E-state index is 0.0732. The van der Waals surface area contributed by atoms with E-state index in [-0.39, 0.29) is 22.3 Å². The van der Waals surface area contributed by atoms with E-state index in [2.05, 4.69) is 0 Å². The van der Waals surface area contributed by atoms with Crippen LogP contribution >= 0.6 is 12.2 Å². The molecule has 0 saturated carbocycles. The first-order chi connectivity index (χ1) is 18.1. The van der Waals surface area contributed by atoms with Crippen molar-refractivity contribution in [2.24, 2.45) is 0 Å². The molecule has 6 nitrogen and oxygen atoms in total. The van der Waals surface area contributed by atoms with Gasteiger partial charge in [-0.25, -0.2) is 9.55 Å². The summed E-state index contributed by atoms with van der Waals surface area (Å²) in [5.41, 5.74) is 11.3. The molecule has 2 N–H and O–H groups in total. The first-order valence-electron chi connectivity index (χ1n) is 12.2. The first kappa shape index (κ1) is 23.1. The molecule has 2 heterocycles. The van der Waals surface area contributed by atoms with Crippen molar-refractivity contribution in [1.82, 2.24) is 9.55 Å². The second-order valence-corrected chi connectivity index (χ2v) is 9.54. The van der Waals surface area contributed by atoms with Crippen LogP contribution in [0.3, 0.4) is 0 Å². The molecule has 1 aliphatic carbocycles. The molecule has 2 aliphatic rings. The zero-order valence-electron chi connectivity index (χ0n) is 20.0. The summed E-state index contributed by atoms with van der Waals surface area (Å²) < 4.78 is 1.37. The average molecular weight is 505 g/mol. The molecule has 0 saturated heterocycles. The number of Topliss-reactive ketones (excluding diaryl/α,β-unsaturated/α-hetero) is 1. The van der Waals surface area contributed by atoms with Crippen LogP contribution in [0, 0.1) is 4.77 Å². The van der Waals surface area contributed by atoms with Gasteiger partial charge in [-0.2, -0.15) is 0 Å². The largest absolute Gasteiger partial charge is 0.384 e. The molecular weight excluding hydrogens is 480 g/mol. The van der Waals surface area contributed by atoms with E-state index in [0.717, 1.165) is 29.8 Å². The lowest BCUT2D eigenvalue weighted by molar-refractivity contribution is -0.116. The summed E-state index contributed by atoms with van der Waals surface area (Å²) >= 11 is 5.67. The van der Waals surface area contributed by atoms with E-state index >= 15 is 0 Å². The maximum Gasteiger partial charge on any atom is 0.265 e. The van der Waals surface area contributed by atoms with E-state index < -0.39 is 5.92 Å². The minimum Gasteiger partial charge on any atom is -0.384 e. The van der Waals surface area contributed by atoms with Crippen molar-refractivity contribution in [2.45, 2.75) is 25.2 Å². The Hall–Kier alpha value is -4.36. The summed E-state index contributed by atoms with van der Waals surface area (Å²) in [7, 11) is 0. The second-order valence-electron chi connectivity index (χ2n) is 9.18. The Morgan fingerprint density at radius 2 is 1.51 bits per heavy atom. The Bertz CT molecular complexity index is 1610. The van der Waals surface area contributed by atoms with Gasteiger partial charge in [0, 0.05) is 40.4 Å². The van der Waals surface area contributed by atoms with Crippen LogP contribution in [0.2, 0.25) is 0 Å². The van der Waals surface area contributed by atoms with Gasteiger partial charge in [-0.05, 0) is 54.9 Å². The van der Waals surface area contributed by atoms with Crippen LogP contribution in [-0.4, -0.2) is 21.2 Å². The van der Waals surface area contributed by atoms with Crippen LogP contribution in [0.15, 0.2) is 102 Å². The highest BCUT2D eigenvalue weighted by atomic mass is 32.1. The van der Waals surface area contributed by atoms with Gasteiger partial charge in [0.05, 0.1) is 0 Å². The van der Waals surface area contributed by atoms with Gasteiger partial charge in [-0.1, -0.05) is 66.7 Å². The summed E-state index contributed by atoms with van der Waals surface area (Å²) in [6, 6.07) is 28.5. The summed E-state index contributed by atoms with van der Waals surface area (Å²) in [5, 5.41) is 0. The van der Waals surface area contributed by atoms with E-state index in [0.29, 0.717) is 28.9 Å². The quantitative estimate of drug-likeness (QED) is 0.336. The molecule has 6 rings (SSSR count). The summed E-state index contributed by atoms with van der Waals surface area (Å²) in [5.74, 6) is 0.0317. The molecule has 0 spiro atoms. The average Bonchev–Trinajstić information content (AvgIpc) is 2.93. The summed E-state index contributed by atoms with van der Waals surface area (Å²) in [6.45, 7) is 0. The molecule has 0 fully saturated rings. The molecule has 1 aliphatic heterocycles. The normalized spacial score (nSPS) is 16.8. The third kappa shape index (κ3) is 3.79. The minimum atomic E-state index is -0.461. The number of allylic oxidation sites excluding steroid dienone is 2. The predicted molar refractivity (Wildman–Crippen MR) is 146 cm³/mol. The summed E-state index contributed by atoms with van der Waals surface area (Å²) in [4.78, 5) is 34.0. The standard InChI is InChI=1S/C30H24N4O2S/c31-27-26-24(19-11-4-1-5-12-19)25-22(17-10-18-23(25)35)33(21-15-8-3-9-16-21)28(26)32-30(37)34(27)29(36)20-13-6-2-7-14-20/h1-9,11-16,24H,10,17-18,31H2. The van der Waals surface area contributed by atoms with Crippen molar-refractivity contribution in [3.8, 4) is 0 Å². The second kappa shape index (κ2) is 9.26. The van der Waals surface area contributed by atoms with Crippen LogP contribution in [0.5, 0.6) is 0 Å². The molecule has 37 heavy (non-hydrogen) atoms. The Kier molecular flexibility index (Phi) is 5.77. The van der Waals surface area contributed by atoms with E-state index in [9.17, 15) is 9.59 Å². The molecule has 4 aromatic rings. The van der Waals surface area contributed by atoms with Crippen LogP contribution < -0.4 is 10.6 Å².